The van der Waals surface area contributed by atoms with E-state index in [4.69, 9.17) is 11.6 Å². The van der Waals surface area contributed by atoms with Gasteiger partial charge in [0.25, 0.3) is 5.91 Å². The summed E-state index contributed by atoms with van der Waals surface area (Å²) in [5.74, 6) is -0.669. The molecule has 1 amide bonds. The van der Waals surface area contributed by atoms with Crippen molar-refractivity contribution in [1.82, 2.24) is 14.9 Å². The molecular formula is C21H22ClN5O3S. The molecular weight excluding hydrogens is 438 g/mol. The van der Waals surface area contributed by atoms with Crippen molar-refractivity contribution in [1.29, 1.82) is 0 Å². The highest BCUT2D eigenvalue weighted by Crippen LogP contribution is 2.38. The van der Waals surface area contributed by atoms with Crippen molar-refractivity contribution < 1.29 is 14.7 Å². The molecule has 2 fully saturated rings. The van der Waals surface area contributed by atoms with Crippen LogP contribution in [0.5, 0.6) is 0 Å². The number of pyridine rings is 1. The maximum absolute atomic E-state index is 13.1. The number of piperidine rings is 1. The zero-order valence-electron chi connectivity index (χ0n) is 17.0. The number of carbonyl (C=O) groups is 2. The fourth-order valence-electron chi connectivity index (χ4n) is 4.81. The summed E-state index contributed by atoms with van der Waals surface area (Å²) in [6.45, 7) is 4.33. The Morgan fingerprint density at radius 1 is 1.32 bits per heavy atom. The summed E-state index contributed by atoms with van der Waals surface area (Å²) < 4.78 is 0.603. The maximum atomic E-state index is 13.1. The molecule has 2 saturated heterocycles. The third-order valence-corrected chi connectivity index (χ3v) is 7.93. The summed E-state index contributed by atoms with van der Waals surface area (Å²) in [6, 6.07) is 1.94. The fourth-order valence-corrected chi connectivity index (χ4v) is 6.19. The quantitative estimate of drug-likeness (QED) is 0.702. The second-order valence-electron chi connectivity index (χ2n) is 8.14. The molecule has 0 unspecified atom stereocenters. The predicted octanol–water partition coefficient (Wildman–Crippen LogP) is 3.52. The van der Waals surface area contributed by atoms with Gasteiger partial charge < -0.3 is 14.9 Å². The van der Waals surface area contributed by atoms with E-state index in [0.717, 1.165) is 49.6 Å². The minimum atomic E-state index is -1.04. The number of rotatable bonds is 4. The molecule has 162 valence electrons. The van der Waals surface area contributed by atoms with Gasteiger partial charge in [-0.05, 0) is 36.8 Å². The van der Waals surface area contributed by atoms with Gasteiger partial charge in [0, 0.05) is 38.3 Å². The predicted molar refractivity (Wildman–Crippen MR) is 120 cm³/mol. The van der Waals surface area contributed by atoms with Crippen molar-refractivity contribution in [2.45, 2.75) is 38.6 Å². The van der Waals surface area contributed by atoms with Crippen LogP contribution in [0.2, 0.25) is 0 Å². The minimum Gasteiger partial charge on any atom is -0.476 e. The minimum absolute atomic E-state index is 0.0136. The number of halogens is 1. The van der Waals surface area contributed by atoms with E-state index in [0.29, 0.717) is 33.4 Å². The number of anilines is 1. The maximum Gasteiger partial charge on any atom is 0.356 e. The number of nitrogens with zero attached hydrogens (tertiary/aromatic N) is 5. The van der Waals surface area contributed by atoms with E-state index < -0.39 is 5.97 Å². The van der Waals surface area contributed by atoms with Crippen LogP contribution in [-0.2, 0) is 4.79 Å². The SMILES string of the molecule is CCC1=C(Cl)N=C(C(=O)N2CC[C@H]3CN(c4nc5ccnc(C(=O)O)c5s4)CC[C@H]32)C1. The van der Waals surface area contributed by atoms with Gasteiger partial charge in [0.1, 0.15) is 10.9 Å². The second-order valence-corrected chi connectivity index (χ2v) is 9.48. The Morgan fingerprint density at radius 2 is 2.16 bits per heavy atom. The number of amides is 1. The molecule has 8 nitrogen and oxygen atoms in total. The smallest absolute Gasteiger partial charge is 0.356 e. The van der Waals surface area contributed by atoms with Crippen molar-refractivity contribution >= 4 is 55.9 Å². The number of aromatic carboxylic acids is 1. The summed E-state index contributed by atoms with van der Waals surface area (Å²) in [5.41, 5.74) is 2.30. The normalized spacial score (nSPS) is 23.5. The van der Waals surface area contributed by atoms with Gasteiger partial charge in [-0.2, -0.15) is 0 Å². The molecule has 5 heterocycles. The van der Waals surface area contributed by atoms with E-state index in [-0.39, 0.29) is 17.6 Å². The number of hydrogen-bond donors (Lipinski definition) is 1. The van der Waals surface area contributed by atoms with Crippen molar-refractivity contribution in [3.63, 3.8) is 0 Å². The average molecular weight is 460 g/mol. The lowest BCUT2D eigenvalue weighted by Gasteiger charge is -2.37. The Bertz CT molecular complexity index is 1140. The topological polar surface area (TPSA) is 99.0 Å². The van der Waals surface area contributed by atoms with E-state index in [2.05, 4.69) is 19.9 Å². The lowest BCUT2D eigenvalue weighted by molar-refractivity contribution is -0.125. The number of thiazole rings is 1. The third-order valence-electron chi connectivity index (χ3n) is 6.44. The molecule has 10 heteroatoms. The van der Waals surface area contributed by atoms with Crippen molar-refractivity contribution in [3.05, 3.63) is 28.7 Å². The summed E-state index contributed by atoms with van der Waals surface area (Å²) in [5, 5.41) is 10.7. The van der Waals surface area contributed by atoms with Crippen molar-refractivity contribution in [2.75, 3.05) is 24.5 Å². The van der Waals surface area contributed by atoms with Gasteiger partial charge in [-0.15, -0.1) is 0 Å². The number of aliphatic imine (C=N–C) groups is 1. The van der Waals surface area contributed by atoms with Gasteiger partial charge in [-0.1, -0.05) is 29.9 Å². The van der Waals surface area contributed by atoms with E-state index in [1.54, 1.807) is 6.07 Å². The number of aromatic nitrogens is 2. The molecule has 0 bridgehead atoms. The fraction of sp³-hybridized carbons (Fsp3) is 0.476. The molecule has 0 spiro atoms. The first-order valence-corrected chi connectivity index (χ1v) is 11.7. The Labute approximate surface area is 188 Å². The summed E-state index contributed by atoms with van der Waals surface area (Å²) in [6.07, 6.45) is 4.64. The number of hydrogen-bond acceptors (Lipinski definition) is 7. The van der Waals surface area contributed by atoms with Gasteiger partial charge in [0.15, 0.2) is 10.8 Å². The number of carboxylic acid groups (broad SMARTS) is 1. The molecule has 2 atom stereocenters. The van der Waals surface area contributed by atoms with E-state index in [9.17, 15) is 14.7 Å². The van der Waals surface area contributed by atoms with Gasteiger partial charge in [-0.25, -0.2) is 19.8 Å². The van der Waals surface area contributed by atoms with E-state index in [1.165, 1.54) is 17.5 Å². The van der Waals surface area contributed by atoms with Crippen LogP contribution in [0.3, 0.4) is 0 Å². The Kier molecular flexibility index (Phi) is 5.18. The van der Waals surface area contributed by atoms with Crippen molar-refractivity contribution in [3.8, 4) is 0 Å². The van der Waals surface area contributed by atoms with Crippen LogP contribution in [0.1, 0.15) is 43.1 Å². The van der Waals surface area contributed by atoms with Crippen LogP contribution in [0.15, 0.2) is 28.0 Å². The number of fused-ring (bicyclic) bond motifs is 2. The molecule has 5 rings (SSSR count). The zero-order chi connectivity index (χ0) is 21.7. The standard InChI is InChI=1S/C21H22ClN5O3S/c1-2-11-9-14(24-18(11)22)19(28)27-8-4-12-10-26(7-5-15(12)27)21-25-13-3-6-23-16(20(29)30)17(13)31-21/h3,6,12,15H,2,4-5,7-10H2,1H3,(H,29,30)/t12-,15+/m0/s1. The van der Waals surface area contributed by atoms with Gasteiger partial charge >= 0.3 is 5.97 Å². The molecule has 1 N–H and O–H groups in total. The number of carbonyl (C=O) groups excluding carboxylic acids is 1. The Hall–Kier alpha value is -2.52. The first-order valence-electron chi connectivity index (χ1n) is 10.5. The number of allylic oxidation sites excluding steroid dienone is 1. The van der Waals surface area contributed by atoms with Crippen LogP contribution >= 0.6 is 22.9 Å². The zero-order valence-corrected chi connectivity index (χ0v) is 18.6. The Morgan fingerprint density at radius 3 is 2.90 bits per heavy atom. The highest BCUT2D eigenvalue weighted by Gasteiger charge is 2.42. The molecule has 0 radical (unpaired) electrons. The lowest BCUT2D eigenvalue weighted by Crippen LogP contribution is -2.49. The number of carboxylic acids is 1. The third kappa shape index (κ3) is 3.49. The van der Waals surface area contributed by atoms with Crippen LogP contribution in [0, 0.1) is 5.92 Å². The van der Waals surface area contributed by atoms with Gasteiger partial charge in [0.05, 0.1) is 10.2 Å². The first-order chi connectivity index (χ1) is 15.0. The summed E-state index contributed by atoms with van der Waals surface area (Å²) >= 11 is 7.56. The number of likely N-dealkylation sites (tertiary alicyclic amines) is 1. The highest BCUT2D eigenvalue weighted by atomic mass is 35.5. The summed E-state index contributed by atoms with van der Waals surface area (Å²) in [4.78, 5) is 41.7. The van der Waals surface area contributed by atoms with Gasteiger partial charge in [0.2, 0.25) is 0 Å². The van der Waals surface area contributed by atoms with Crippen molar-refractivity contribution in [2.24, 2.45) is 10.9 Å². The molecule has 3 aliphatic heterocycles. The molecule has 2 aromatic rings. The van der Waals surface area contributed by atoms with Crippen LogP contribution in [0.25, 0.3) is 10.2 Å². The molecule has 2 aromatic heterocycles. The Balaban J connectivity index is 1.30. The molecule has 0 saturated carbocycles. The van der Waals surface area contributed by atoms with Crippen LogP contribution in [0.4, 0.5) is 5.13 Å². The van der Waals surface area contributed by atoms with E-state index >= 15 is 0 Å². The first kappa shape index (κ1) is 20.4. The molecule has 3 aliphatic rings. The average Bonchev–Trinajstić information content (AvgIpc) is 3.48. The largest absolute Gasteiger partial charge is 0.476 e. The summed E-state index contributed by atoms with van der Waals surface area (Å²) in [7, 11) is 0. The monoisotopic (exact) mass is 459 g/mol. The second kappa shape index (κ2) is 7.87. The molecule has 0 aromatic carbocycles. The lowest BCUT2D eigenvalue weighted by atomic mass is 9.93. The highest BCUT2D eigenvalue weighted by molar-refractivity contribution is 7.22. The van der Waals surface area contributed by atoms with E-state index in [1.807, 2.05) is 11.8 Å². The molecule has 0 aliphatic carbocycles. The van der Waals surface area contributed by atoms with Crippen LogP contribution in [-0.4, -0.2) is 63.2 Å². The van der Waals surface area contributed by atoms with Gasteiger partial charge in [-0.3, -0.25) is 4.79 Å². The van der Waals surface area contributed by atoms with Crippen LogP contribution < -0.4 is 4.90 Å². The molecule has 31 heavy (non-hydrogen) atoms.